The highest BCUT2D eigenvalue weighted by Gasteiger charge is 2.45. The molecule has 6 heteroatoms. The number of nitrogens with zero attached hydrogens (tertiary/aromatic N) is 3. The molecule has 1 spiro atoms. The standard InChI is InChI=1S/C20H31N3O3/c1-2-26-16-19(25)23-11-7-20(18(14-23)15-24)5-9-22(10-6-20)13-17-4-3-8-21-12-17/h3-4,8,12,18,24H,2,5-7,9-11,13-16H2,1H3. The predicted molar refractivity (Wildman–Crippen MR) is 99.4 cm³/mol. The minimum absolute atomic E-state index is 0.0502. The lowest BCUT2D eigenvalue weighted by molar-refractivity contribution is -0.142. The molecule has 26 heavy (non-hydrogen) atoms. The summed E-state index contributed by atoms with van der Waals surface area (Å²) in [5, 5.41) is 9.99. The SMILES string of the molecule is CCOCC(=O)N1CCC2(CCN(Cc3cccnc3)CC2)C(CO)C1. The molecule has 0 aromatic carbocycles. The van der Waals surface area contributed by atoms with Gasteiger partial charge in [0, 0.05) is 51.2 Å². The molecule has 1 aromatic heterocycles. The summed E-state index contributed by atoms with van der Waals surface area (Å²) in [6.07, 6.45) is 6.90. The van der Waals surface area contributed by atoms with Crippen molar-refractivity contribution in [3.63, 3.8) is 0 Å². The molecule has 1 unspecified atom stereocenters. The van der Waals surface area contributed by atoms with E-state index < -0.39 is 0 Å². The van der Waals surface area contributed by atoms with Gasteiger partial charge in [0.2, 0.25) is 5.91 Å². The molecule has 144 valence electrons. The van der Waals surface area contributed by atoms with Gasteiger partial charge in [-0.2, -0.15) is 0 Å². The number of ether oxygens (including phenoxy) is 1. The first-order chi connectivity index (χ1) is 12.7. The number of aliphatic hydroxyl groups excluding tert-OH is 1. The molecule has 2 aliphatic rings. The van der Waals surface area contributed by atoms with Crippen LogP contribution in [0, 0.1) is 11.3 Å². The van der Waals surface area contributed by atoms with Crippen LogP contribution in [0.4, 0.5) is 0 Å². The molecule has 2 aliphatic heterocycles. The highest BCUT2D eigenvalue weighted by molar-refractivity contribution is 5.77. The first kappa shape index (κ1) is 19.3. The van der Waals surface area contributed by atoms with Crippen molar-refractivity contribution in [2.24, 2.45) is 11.3 Å². The number of carbonyl (C=O) groups is 1. The highest BCUT2D eigenvalue weighted by atomic mass is 16.5. The highest BCUT2D eigenvalue weighted by Crippen LogP contribution is 2.45. The smallest absolute Gasteiger partial charge is 0.248 e. The molecule has 2 fully saturated rings. The molecule has 1 aromatic rings. The van der Waals surface area contributed by atoms with E-state index in [2.05, 4.69) is 16.0 Å². The van der Waals surface area contributed by atoms with Crippen molar-refractivity contribution in [1.82, 2.24) is 14.8 Å². The van der Waals surface area contributed by atoms with Crippen molar-refractivity contribution in [2.75, 3.05) is 46.0 Å². The summed E-state index contributed by atoms with van der Waals surface area (Å²) < 4.78 is 5.26. The van der Waals surface area contributed by atoms with E-state index in [1.807, 2.05) is 24.1 Å². The third-order valence-corrected chi connectivity index (χ3v) is 6.17. The van der Waals surface area contributed by atoms with Crippen LogP contribution in [0.2, 0.25) is 0 Å². The average Bonchev–Trinajstić information content (AvgIpc) is 2.69. The first-order valence-electron chi connectivity index (χ1n) is 9.74. The van der Waals surface area contributed by atoms with Gasteiger partial charge in [-0.25, -0.2) is 0 Å². The Labute approximate surface area is 156 Å². The van der Waals surface area contributed by atoms with Gasteiger partial charge in [0.05, 0.1) is 0 Å². The molecule has 1 amide bonds. The molecule has 3 heterocycles. The Morgan fingerprint density at radius 1 is 1.35 bits per heavy atom. The Morgan fingerprint density at radius 3 is 2.77 bits per heavy atom. The van der Waals surface area contributed by atoms with Gasteiger partial charge in [0.15, 0.2) is 0 Å². The third-order valence-electron chi connectivity index (χ3n) is 6.17. The number of pyridine rings is 1. The number of hydrogen-bond acceptors (Lipinski definition) is 5. The quantitative estimate of drug-likeness (QED) is 0.833. The third kappa shape index (κ3) is 4.42. The molecule has 0 bridgehead atoms. The zero-order valence-electron chi connectivity index (χ0n) is 15.8. The monoisotopic (exact) mass is 361 g/mol. The van der Waals surface area contributed by atoms with Gasteiger partial charge in [-0.05, 0) is 56.3 Å². The lowest BCUT2D eigenvalue weighted by atomic mass is 9.64. The van der Waals surface area contributed by atoms with Crippen LogP contribution in [0.5, 0.6) is 0 Å². The van der Waals surface area contributed by atoms with Gasteiger partial charge in [0.25, 0.3) is 0 Å². The normalized spacial score (nSPS) is 23.3. The van der Waals surface area contributed by atoms with Gasteiger partial charge in [-0.15, -0.1) is 0 Å². The Balaban J connectivity index is 1.55. The summed E-state index contributed by atoms with van der Waals surface area (Å²) in [7, 11) is 0. The van der Waals surface area contributed by atoms with Crippen molar-refractivity contribution >= 4 is 5.91 Å². The second kappa shape index (κ2) is 8.93. The number of aromatic nitrogens is 1. The largest absolute Gasteiger partial charge is 0.396 e. The average molecular weight is 361 g/mol. The van der Waals surface area contributed by atoms with Crippen molar-refractivity contribution in [3.8, 4) is 0 Å². The Bertz CT molecular complexity index is 573. The maximum Gasteiger partial charge on any atom is 0.248 e. The van der Waals surface area contributed by atoms with Crippen molar-refractivity contribution in [1.29, 1.82) is 0 Å². The van der Waals surface area contributed by atoms with Gasteiger partial charge in [-0.3, -0.25) is 14.7 Å². The summed E-state index contributed by atoms with van der Waals surface area (Å²) >= 11 is 0. The summed E-state index contributed by atoms with van der Waals surface area (Å²) in [6, 6.07) is 4.11. The van der Waals surface area contributed by atoms with Crippen LogP contribution in [-0.4, -0.2) is 71.8 Å². The predicted octanol–water partition coefficient (Wildman–Crippen LogP) is 1.54. The van der Waals surface area contributed by atoms with E-state index in [0.29, 0.717) is 13.2 Å². The molecule has 0 aliphatic carbocycles. The fourth-order valence-electron chi connectivity index (χ4n) is 4.44. The fourth-order valence-corrected chi connectivity index (χ4v) is 4.44. The number of aliphatic hydroxyl groups is 1. The van der Waals surface area contributed by atoms with E-state index in [4.69, 9.17) is 4.74 Å². The fraction of sp³-hybridized carbons (Fsp3) is 0.700. The van der Waals surface area contributed by atoms with Gasteiger partial charge >= 0.3 is 0 Å². The molecule has 2 saturated heterocycles. The molecule has 0 radical (unpaired) electrons. The van der Waals surface area contributed by atoms with Crippen LogP contribution < -0.4 is 0 Å². The number of piperidine rings is 2. The molecular formula is C20H31N3O3. The van der Waals surface area contributed by atoms with Crippen LogP contribution in [0.3, 0.4) is 0 Å². The van der Waals surface area contributed by atoms with Gasteiger partial charge in [-0.1, -0.05) is 6.07 Å². The van der Waals surface area contributed by atoms with Crippen LogP contribution in [-0.2, 0) is 16.1 Å². The lowest BCUT2D eigenvalue weighted by Gasteiger charge is -2.51. The minimum Gasteiger partial charge on any atom is -0.396 e. The molecule has 3 rings (SSSR count). The minimum atomic E-state index is 0.0502. The van der Waals surface area contributed by atoms with E-state index in [-0.39, 0.29) is 30.5 Å². The number of rotatable bonds is 6. The number of carbonyl (C=O) groups excluding carboxylic acids is 1. The summed E-state index contributed by atoms with van der Waals surface area (Å²) in [4.78, 5) is 20.8. The summed E-state index contributed by atoms with van der Waals surface area (Å²) in [6.45, 7) is 7.22. The second-order valence-electron chi connectivity index (χ2n) is 7.61. The Morgan fingerprint density at radius 2 is 2.12 bits per heavy atom. The van der Waals surface area contributed by atoms with Gasteiger partial charge in [0.1, 0.15) is 6.61 Å². The molecule has 1 atom stereocenters. The maximum atomic E-state index is 12.3. The zero-order chi connectivity index (χ0) is 18.4. The van der Waals surface area contributed by atoms with Crippen molar-refractivity contribution < 1.29 is 14.6 Å². The van der Waals surface area contributed by atoms with Crippen molar-refractivity contribution in [2.45, 2.75) is 32.7 Å². The van der Waals surface area contributed by atoms with Crippen LogP contribution in [0.1, 0.15) is 31.7 Å². The number of hydrogen-bond donors (Lipinski definition) is 1. The number of amides is 1. The Kier molecular flexibility index (Phi) is 6.62. The van der Waals surface area contributed by atoms with E-state index in [1.54, 1.807) is 6.20 Å². The first-order valence-corrected chi connectivity index (χ1v) is 9.74. The van der Waals surface area contributed by atoms with Crippen LogP contribution in [0.15, 0.2) is 24.5 Å². The summed E-state index contributed by atoms with van der Waals surface area (Å²) in [5.74, 6) is 0.219. The molecule has 1 N–H and O–H groups in total. The maximum absolute atomic E-state index is 12.3. The topological polar surface area (TPSA) is 65.9 Å². The van der Waals surface area contributed by atoms with E-state index in [9.17, 15) is 9.90 Å². The number of likely N-dealkylation sites (tertiary alicyclic amines) is 2. The lowest BCUT2D eigenvalue weighted by Crippen LogP contribution is -2.55. The Hall–Kier alpha value is -1.50. The molecule has 0 saturated carbocycles. The summed E-state index contributed by atoms with van der Waals surface area (Å²) in [5.41, 5.74) is 1.42. The van der Waals surface area contributed by atoms with E-state index in [1.165, 1.54) is 5.56 Å². The molecule has 6 nitrogen and oxygen atoms in total. The van der Waals surface area contributed by atoms with Gasteiger partial charge < -0.3 is 14.7 Å². The van der Waals surface area contributed by atoms with Crippen LogP contribution >= 0.6 is 0 Å². The van der Waals surface area contributed by atoms with Crippen LogP contribution in [0.25, 0.3) is 0 Å². The second-order valence-corrected chi connectivity index (χ2v) is 7.61. The molecular weight excluding hydrogens is 330 g/mol. The van der Waals surface area contributed by atoms with E-state index in [0.717, 1.165) is 45.4 Å². The zero-order valence-corrected chi connectivity index (χ0v) is 15.8. The van der Waals surface area contributed by atoms with Crippen molar-refractivity contribution in [3.05, 3.63) is 30.1 Å². The van der Waals surface area contributed by atoms with E-state index >= 15 is 0 Å².